The maximum Gasteiger partial charge on any atom is 0.272 e. The van der Waals surface area contributed by atoms with Crippen molar-refractivity contribution in [1.82, 2.24) is 25.1 Å². The maximum atomic E-state index is 14.8. The molecule has 4 rings (SSSR count). The minimum Gasteiger partial charge on any atom is -0.393 e. The quantitative estimate of drug-likeness (QED) is 0.544. The van der Waals surface area contributed by atoms with Crippen molar-refractivity contribution in [2.45, 2.75) is 84.2 Å². The summed E-state index contributed by atoms with van der Waals surface area (Å²) in [7, 11) is 1.97. The average Bonchev–Trinajstić information content (AvgIpc) is 3.05. The number of imidazole rings is 1. The van der Waals surface area contributed by atoms with E-state index in [9.17, 15) is 19.1 Å². The van der Waals surface area contributed by atoms with Crippen LogP contribution in [0.1, 0.15) is 69.1 Å². The molecule has 0 radical (unpaired) electrons. The van der Waals surface area contributed by atoms with Crippen molar-refractivity contribution in [3.05, 3.63) is 40.4 Å². The number of carbonyl (C=O) groups is 2. The molecule has 1 atom stereocenters. The molecule has 10 heteroatoms. The van der Waals surface area contributed by atoms with Crippen molar-refractivity contribution in [1.29, 1.82) is 0 Å². The highest BCUT2D eigenvalue weighted by Crippen LogP contribution is 2.30. The van der Waals surface area contributed by atoms with E-state index in [1.54, 1.807) is 0 Å². The zero-order chi connectivity index (χ0) is 26.9. The minimum absolute atomic E-state index is 0.0346. The Labute approximate surface area is 222 Å². The highest BCUT2D eigenvalue weighted by atomic mass is 35.5. The first-order valence-corrected chi connectivity index (χ1v) is 13.3. The minimum atomic E-state index is -0.806. The van der Waals surface area contributed by atoms with Crippen LogP contribution in [0.25, 0.3) is 11.4 Å². The lowest BCUT2D eigenvalue weighted by atomic mass is 9.85. The Balaban J connectivity index is 1.65. The van der Waals surface area contributed by atoms with Crippen LogP contribution in [0, 0.1) is 11.2 Å². The van der Waals surface area contributed by atoms with Crippen LogP contribution < -0.4 is 10.6 Å². The van der Waals surface area contributed by atoms with Crippen LogP contribution in [-0.4, -0.2) is 63.2 Å². The molecule has 1 aliphatic heterocycles. The molecule has 1 aromatic heterocycles. The van der Waals surface area contributed by atoms with E-state index >= 15 is 0 Å². The topological polar surface area (TPSA) is 99.5 Å². The van der Waals surface area contributed by atoms with Crippen molar-refractivity contribution in [3.8, 4) is 11.4 Å². The normalized spacial score (nSPS) is 21.6. The Bertz CT molecular complexity index is 1150. The molecule has 2 aromatic rings. The predicted octanol–water partition coefficient (Wildman–Crippen LogP) is 3.74. The molecule has 2 heterocycles. The second-order valence-electron chi connectivity index (χ2n) is 11.4. The number of halogens is 2. The van der Waals surface area contributed by atoms with Crippen molar-refractivity contribution in [2.75, 3.05) is 13.6 Å². The first kappa shape index (κ1) is 27.5. The van der Waals surface area contributed by atoms with Gasteiger partial charge in [0.2, 0.25) is 5.91 Å². The van der Waals surface area contributed by atoms with Crippen molar-refractivity contribution < 1.29 is 19.1 Å². The van der Waals surface area contributed by atoms with E-state index < -0.39 is 23.2 Å². The van der Waals surface area contributed by atoms with E-state index in [2.05, 4.69) is 20.5 Å². The van der Waals surface area contributed by atoms with Gasteiger partial charge in [-0.05, 0) is 69.3 Å². The summed E-state index contributed by atoms with van der Waals surface area (Å²) in [5.74, 6) is -0.841. The second-order valence-corrected chi connectivity index (χ2v) is 11.8. The molecule has 0 bridgehead atoms. The number of carbonyl (C=O) groups excluding carboxylic acids is 2. The van der Waals surface area contributed by atoms with Gasteiger partial charge in [-0.3, -0.25) is 9.59 Å². The number of aromatic nitrogens is 2. The predicted molar refractivity (Wildman–Crippen MR) is 141 cm³/mol. The van der Waals surface area contributed by atoms with Gasteiger partial charge in [0.25, 0.3) is 5.91 Å². The van der Waals surface area contributed by atoms with Crippen molar-refractivity contribution in [3.63, 3.8) is 0 Å². The summed E-state index contributed by atoms with van der Waals surface area (Å²) >= 11 is 6.17. The van der Waals surface area contributed by atoms with Gasteiger partial charge in [0.1, 0.15) is 17.7 Å². The fraction of sp³-hybridized carbons (Fsp3) is 0.593. The van der Waals surface area contributed by atoms with E-state index in [1.807, 2.05) is 32.4 Å². The number of nitrogens with one attached hydrogen (secondary N) is 2. The molecule has 1 aliphatic carbocycles. The van der Waals surface area contributed by atoms with Crippen LogP contribution in [0.3, 0.4) is 0 Å². The Morgan fingerprint density at radius 3 is 2.57 bits per heavy atom. The van der Waals surface area contributed by atoms with Crippen molar-refractivity contribution in [2.24, 2.45) is 5.41 Å². The third-order valence-corrected chi connectivity index (χ3v) is 7.48. The molecule has 1 unspecified atom stereocenters. The summed E-state index contributed by atoms with van der Waals surface area (Å²) in [4.78, 5) is 33.7. The first-order valence-electron chi connectivity index (χ1n) is 13.0. The van der Waals surface area contributed by atoms with Gasteiger partial charge in [-0.2, -0.15) is 0 Å². The van der Waals surface area contributed by atoms with Crippen LogP contribution in [-0.2, 0) is 17.9 Å². The Kier molecular flexibility index (Phi) is 8.26. The van der Waals surface area contributed by atoms with Gasteiger partial charge in [0.05, 0.1) is 17.4 Å². The number of benzene rings is 1. The van der Waals surface area contributed by atoms with E-state index in [0.717, 1.165) is 13.0 Å². The van der Waals surface area contributed by atoms with E-state index in [-0.39, 0.29) is 29.3 Å². The van der Waals surface area contributed by atoms with Crippen LogP contribution in [0.4, 0.5) is 4.39 Å². The van der Waals surface area contributed by atoms with Gasteiger partial charge in [-0.25, -0.2) is 9.37 Å². The molecule has 202 valence electrons. The molecule has 2 aliphatic rings. The first-order chi connectivity index (χ1) is 17.4. The number of nitrogens with zero attached hydrogens (tertiary/aromatic N) is 3. The van der Waals surface area contributed by atoms with E-state index in [4.69, 9.17) is 11.6 Å². The molecule has 1 aromatic carbocycles. The Morgan fingerprint density at radius 2 is 1.89 bits per heavy atom. The maximum absolute atomic E-state index is 14.8. The molecular formula is C27H37ClFN5O3. The molecule has 0 saturated heterocycles. The number of hydrogen-bond acceptors (Lipinski definition) is 5. The molecule has 1 saturated carbocycles. The molecule has 3 N–H and O–H groups in total. The lowest BCUT2D eigenvalue weighted by molar-refractivity contribution is -0.126. The van der Waals surface area contributed by atoms with E-state index in [0.29, 0.717) is 55.3 Å². The summed E-state index contributed by atoms with van der Waals surface area (Å²) in [6.45, 7) is 7.57. The van der Waals surface area contributed by atoms with Crippen LogP contribution in [0.2, 0.25) is 5.02 Å². The number of fused-ring (bicyclic) bond motifs is 1. The molecule has 8 nitrogen and oxygen atoms in total. The highest BCUT2D eigenvalue weighted by Gasteiger charge is 2.36. The van der Waals surface area contributed by atoms with E-state index in [1.165, 1.54) is 18.2 Å². The summed E-state index contributed by atoms with van der Waals surface area (Å²) in [5, 5.41) is 16.2. The average molecular weight is 534 g/mol. The van der Waals surface area contributed by atoms with Gasteiger partial charge in [-0.15, -0.1) is 0 Å². The smallest absolute Gasteiger partial charge is 0.272 e. The van der Waals surface area contributed by atoms with Gasteiger partial charge in [-0.1, -0.05) is 32.4 Å². The van der Waals surface area contributed by atoms with Crippen molar-refractivity contribution >= 4 is 23.4 Å². The lowest BCUT2D eigenvalue weighted by Crippen LogP contribution is -2.56. The highest BCUT2D eigenvalue weighted by molar-refractivity contribution is 6.30. The Morgan fingerprint density at radius 1 is 1.19 bits per heavy atom. The standard InChI is InChI=1S/C27H37ClFN5O3/c1-27(2,3)23(26(37)30-17-7-9-18(35)10-8-17)32-25(36)22-21-15-33(4)12-5-13-34(21)24(31-22)19-14-16(28)6-11-20(19)29/h6,11,14,17-18,23,35H,5,7-10,12-13,15H2,1-4H3,(H,30,37)(H,32,36). The molecule has 2 amide bonds. The molecule has 0 spiro atoms. The number of aliphatic hydroxyl groups excluding tert-OH is 1. The summed E-state index contributed by atoms with van der Waals surface area (Å²) in [6, 6.07) is 3.46. The third-order valence-electron chi connectivity index (χ3n) is 7.24. The monoisotopic (exact) mass is 533 g/mol. The van der Waals surface area contributed by atoms with Crippen LogP contribution in [0.15, 0.2) is 18.2 Å². The Hall–Kier alpha value is -2.49. The summed E-state index contributed by atoms with van der Waals surface area (Å²) in [6.07, 6.45) is 3.20. The van der Waals surface area contributed by atoms with Gasteiger partial charge >= 0.3 is 0 Å². The number of hydrogen-bond donors (Lipinski definition) is 3. The number of rotatable bonds is 5. The molecule has 1 fully saturated rings. The lowest BCUT2D eigenvalue weighted by Gasteiger charge is -2.33. The molecular weight excluding hydrogens is 497 g/mol. The SMILES string of the molecule is CN1CCCn2c(-c3cc(Cl)ccc3F)nc(C(=O)NC(C(=O)NC3CCC(O)CC3)C(C)(C)C)c2C1. The third kappa shape index (κ3) is 6.33. The number of amides is 2. The van der Waals surface area contributed by atoms with Gasteiger partial charge in [0.15, 0.2) is 5.69 Å². The van der Waals surface area contributed by atoms with Crippen LogP contribution >= 0.6 is 11.6 Å². The summed E-state index contributed by atoms with van der Waals surface area (Å²) in [5.41, 5.74) is 0.539. The zero-order valence-corrected chi connectivity index (χ0v) is 22.7. The second kappa shape index (κ2) is 11.1. The number of aliphatic hydroxyl groups is 1. The molecule has 37 heavy (non-hydrogen) atoms. The van der Waals surface area contributed by atoms with Gasteiger partial charge < -0.3 is 25.2 Å². The largest absolute Gasteiger partial charge is 0.393 e. The summed E-state index contributed by atoms with van der Waals surface area (Å²) < 4.78 is 16.7. The van der Waals surface area contributed by atoms with Gasteiger partial charge in [0, 0.05) is 24.2 Å². The zero-order valence-electron chi connectivity index (χ0n) is 22.0. The fourth-order valence-electron chi connectivity index (χ4n) is 5.16. The fourth-order valence-corrected chi connectivity index (χ4v) is 5.33. The van der Waals surface area contributed by atoms with Crippen LogP contribution in [0.5, 0.6) is 0 Å².